The van der Waals surface area contributed by atoms with E-state index in [0.29, 0.717) is 18.9 Å². The van der Waals surface area contributed by atoms with Gasteiger partial charge in [0.1, 0.15) is 11.4 Å². The molecule has 0 bridgehead atoms. The van der Waals surface area contributed by atoms with Gasteiger partial charge in [-0.3, -0.25) is 14.2 Å². The van der Waals surface area contributed by atoms with E-state index < -0.39 is 0 Å². The summed E-state index contributed by atoms with van der Waals surface area (Å²) in [7, 11) is 0. The van der Waals surface area contributed by atoms with E-state index in [1.165, 1.54) is 17.1 Å². The molecule has 0 saturated carbocycles. The molecule has 10 nitrogen and oxygen atoms in total. The van der Waals surface area contributed by atoms with Gasteiger partial charge in [0.25, 0.3) is 11.4 Å². The van der Waals surface area contributed by atoms with Crippen molar-refractivity contribution in [3.63, 3.8) is 0 Å². The first-order valence-electron chi connectivity index (χ1n) is 9.41. The van der Waals surface area contributed by atoms with Crippen molar-refractivity contribution in [3.05, 3.63) is 53.1 Å². The Morgan fingerprint density at radius 2 is 2.03 bits per heavy atom. The Morgan fingerprint density at radius 3 is 2.72 bits per heavy atom. The predicted octanol–water partition coefficient (Wildman–Crippen LogP) is 0.736. The Labute approximate surface area is 166 Å². The number of carbonyl (C=O) groups is 1. The van der Waals surface area contributed by atoms with Gasteiger partial charge in [-0.2, -0.15) is 4.98 Å². The summed E-state index contributed by atoms with van der Waals surface area (Å²) in [5.74, 6) is 1.50. The lowest BCUT2D eigenvalue weighted by molar-refractivity contribution is -0.131. The summed E-state index contributed by atoms with van der Waals surface area (Å²) in [6, 6.07) is 5.80. The van der Waals surface area contributed by atoms with E-state index in [4.69, 9.17) is 4.52 Å². The smallest absolute Gasteiger partial charge is 0.266 e. The summed E-state index contributed by atoms with van der Waals surface area (Å²) < 4.78 is 6.45. The minimum Gasteiger partial charge on any atom is -0.353 e. The third-order valence-corrected chi connectivity index (χ3v) is 4.83. The second-order valence-electron chi connectivity index (χ2n) is 6.76. The molecule has 4 heterocycles. The molecule has 1 amide bonds. The molecule has 0 aromatic carbocycles. The normalized spacial score (nSPS) is 14.2. The molecule has 1 saturated heterocycles. The van der Waals surface area contributed by atoms with Crippen LogP contribution < -0.4 is 10.5 Å². The fraction of sp³-hybridized carbons (Fsp3) is 0.368. The number of piperazine rings is 1. The van der Waals surface area contributed by atoms with Crippen LogP contribution in [0.5, 0.6) is 0 Å². The van der Waals surface area contributed by atoms with E-state index in [0.717, 1.165) is 18.9 Å². The highest BCUT2D eigenvalue weighted by Gasteiger charge is 2.22. The van der Waals surface area contributed by atoms with Crippen molar-refractivity contribution in [2.24, 2.45) is 0 Å². The summed E-state index contributed by atoms with van der Waals surface area (Å²) in [6.45, 7) is 4.64. The van der Waals surface area contributed by atoms with Crippen molar-refractivity contribution in [2.75, 3.05) is 31.1 Å². The highest BCUT2D eigenvalue weighted by Crippen LogP contribution is 2.14. The Bertz CT molecular complexity index is 1040. The zero-order valence-electron chi connectivity index (χ0n) is 16.1. The molecule has 0 N–H and O–H groups in total. The molecule has 10 heteroatoms. The van der Waals surface area contributed by atoms with Gasteiger partial charge in [0.05, 0.1) is 6.33 Å². The van der Waals surface area contributed by atoms with Crippen LogP contribution in [0.1, 0.15) is 12.2 Å². The van der Waals surface area contributed by atoms with Crippen LogP contribution in [-0.2, 0) is 11.3 Å². The Hall–Kier alpha value is -3.56. The van der Waals surface area contributed by atoms with E-state index >= 15 is 0 Å². The fourth-order valence-corrected chi connectivity index (χ4v) is 3.26. The molecule has 3 aromatic heterocycles. The molecular weight excluding hydrogens is 374 g/mol. The van der Waals surface area contributed by atoms with E-state index in [-0.39, 0.29) is 35.9 Å². The molecule has 1 aliphatic rings. The van der Waals surface area contributed by atoms with Crippen molar-refractivity contribution in [2.45, 2.75) is 19.9 Å². The van der Waals surface area contributed by atoms with Crippen LogP contribution in [-0.4, -0.2) is 61.7 Å². The number of nitrogens with zero attached hydrogens (tertiary/aromatic N) is 7. The average molecular weight is 395 g/mol. The van der Waals surface area contributed by atoms with Crippen LogP contribution in [0, 0.1) is 6.92 Å². The number of hydrogen-bond donors (Lipinski definition) is 0. The molecule has 1 aliphatic heterocycles. The lowest BCUT2D eigenvalue weighted by atomic mass is 10.2. The first kappa shape index (κ1) is 18.8. The molecule has 3 aromatic rings. The lowest BCUT2D eigenvalue weighted by Crippen LogP contribution is -2.49. The Morgan fingerprint density at radius 1 is 1.21 bits per heavy atom. The molecule has 29 heavy (non-hydrogen) atoms. The minimum atomic E-state index is -0.309. The first-order chi connectivity index (χ1) is 14.1. The Kier molecular flexibility index (Phi) is 5.32. The second kappa shape index (κ2) is 8.21. The number of aryl methyl sites for hydroxylation is 2. The van der Waals surface area contributed by atoms with Gasteiger partial charge in [0.15, 0.2) is 5.82 Å². The zero-order valence-corrected chi connectivity index (χ0v) is 16.1. The quantitative estimate of drug-likeness (QED) is 0.622. The van der Waals surface area contributed by atoms with Gasteiger partial charge in [0.2, 0.25) is 5.91 Å². The van der Waals surface area contributed by atoms with Crippen molar-refractivity contribution >= 4 is 11.7 Å². The van der Waals surface area contributed by atoms with E-state index in [9.17, 15) is 9.59 Å². The maximum atomic E-state index is 12.6. The first-order valence-corrected chi connectivity index (χ1v) is 9.41. The number of hydrogen-bond acceptors (Lipinski definition) is 8. The van der Waals surface area contributed by atoms with Crippen LogP contribution in [0.3, 0.4) is 0 Å². The summed E-state index contributed by atoms with van der Waals surface area (Å²) in [6.07, 6.45) is 4.80. The Balaban J connectivity index is 1.35. The average Bonchev–Trinajstić information content (AvgIpc) is 3.19. The van der Waals surface area contributed by atoms with E-state index in [1.54, 1.807) is 13.1 Å². The van der Waals surface area contributed by atoms with Gasteiger partial charge < -0.3 is 14.3 Å². The molecule has 0 aliphatic carbocycles. The van der Waals surface area contributed by atoms with Gasteiger partial charge in [-0.15, -0.1) is 0 Å². The monoisotopic (exact) mass is 395 g/mol. The van der Waals surface area contributed by atoms with Crippen LogP contribution >= 0.6 is 0 Å². The maximum Gasteiger partial charge on any atom is 0.266 e. The summed E-state index contributed by atoms with van der Waals surface area (Å²) >= 11 is 0. The van der Waals surface area contributed by atoms with Crippen LogP contribution in [0.2, 0.25) is 0 Å². The number of anilines is 1. The standard InChI is InChI=1S/C19H21N7O3/c1-14-22-18(29-23-14)15-12-20-13-26(19(15)28)7-5-17(27)25-10-8-24(9-11-25)16-4-2-3-6-21-16/h2-4,6,12-13H,5,7-11H2,1H3. The molecule has 1 fully saturated rings. The van der Waals surface area contributed by atoms with E-state index in [1.807, 2.05) is 23.1 Å². The van der Waals surface area contributed by atoms with Gasteiger partial charge >= 0.3 is 0 Å². The third-order valence-electron chi connectivity index (χ3n) is 4.83. The largest absolute Gasteiger partial charge is 0.353 e. The van der Waals surface area contributed by atoms with Crippen molar-refractivity contribution in [1.29, 1.82) is 0 Å². The highest BCUT2D eigenvalue weighted by atomic mass is 16.5. The minimum absolute atomic E-state index is 0.0107. The lowest BCUT2D eigenvalue weighted by Gasteiger charge is -2.35. The predicted molar refractivity (Wildman–Crippen MR) is 104 cm³/mol. The maximum absolute atomic E-state index is 12.6. The van der Waals surface area contributed by atoms with Crippen molar-refractivity contribution < 1.29 is 9.32 Å². The fourth-order valence-electron chi connectivity index (χ4n) is 3.26. The molecule has 4 rings (SSSR count). The SMILES string of the molecule is Cc1noc(-c2cncn(CCC(=O)N3CCN(c4ccccn4)CC3)c2=O)n1. The molecule has 0 spiro atoms. The number of aromatic nitrogens is 5. The van der Waals surface area contributed by atoms with Crippen LogP contribution in [0.25, 0.3) is 11.5 Å². The number of carbonyl (C=O) groups excluding carboxylic acids is 1. The highest BCUT2D eigenvalue weighted by molar-refractivity contribution is 5.76. The van der Waals surface area contributed by atoms with Crippen molar-refractivity contribution in [3.8, 4) is 11.5 Å². The molecular formula is C19H21N7O3. The van der Waals surface area contributed by atoms with Crippen molar-refractivity contribution in [1.82, 2.24) is 29.6 Å². The summed E-state index contributed by atoms with van der Waals surface area (Å²) in [5.41, 5.74) is -0.0825. The van der Waals surface area contributed by atoms with Crippen LogP contribution in [0.4, 0.5) is 5.82 Å². The summed E-state index contributed by atoms with van der Waals surface area (Å²) in [4.78, 5) is 41.7. The van der Waals surface area contributed by atoms with Gasteiger partial charge in [-0.25, -0.2) is 9.97 Å². The van der Waals surface area contributed by atoms with Gasteiger partial charge in [-0.1, -0.05) is 11.2 Å². The second-order valence-corrected chi connectivity index (χ2v) is 6.76. The molecule has 150 valence electrons. The number of pyridine rings is 1. The van der Waals surface area contributed by atoms with Crippen LogP contribution in [0.15, 0.2) is 46.2 Å². The number of amides is 1. The molecule has 0 unspecified atom stereocenters. The molecule has 0 radical (unpaired) electrons. The molecule has 0 atom stereocenters. The number of rotatable bonds is 5. The van der Waals surface area contributed by atoms with E-state index in [2.05, 4.69) is 25.0 Å². The zero-order chi connectivity index (χ0) is 20.2. The topological polar surface area (TPSA) is 110 Å². The summed E-state index contributed by atoms with van der Waals surface area (Å²) in [5, 5.41) is 3.70. The third kappa shape index (κ3) is 4.15. The van der Waals surface area contributed by atoms with Gasteiger partial charge in [0, 0.05) is 51.5 Å². The van der Waals surface area contributed by atoms with Gasteiger partial charge in [-0.05, 0) is 19.1 Å².